The van der Waals surface area contributed by atoms with E-state index in [1.54, 1.807) is 17.5 Å². The van der Waals surface area contributed by atoms with E-state index in [0.29, 0.717) is 23.1 Å². The van der Waals surface area contributed by atoms with Crippen molar-refractivity contribution in [1.29, 1.82) is 0 Å². The Balaban J connectivity index is 1.84. The van der Waals surface area contributed by atoms with Crippen LogP contribution < -0.4 is 16.0 Å². The van der Waals surface area contributed by atoms with Crippen molar-refractivity contribution in [3.63, 3.8) is 0 Å². The van der Waals surface area contributed by atoms with Crippen molar-refractivity contribution in [2.24, 2.45) is 0 Å². The van der Waals surface area contributed by atoms with Crippen molar-refractivity contribution in [1.82, 2.24) is 10.3 Å². The highest BCUT2D eigenvalue weighted by molar-refractivity contribution is 7.13. The molecular weight excluding hydrogens is 300 g/mol. The summed E-state index contributed by atoms with van der Waals surface area (Å²) in [6.45, 7) is 2.66. The number of carbonyl (C=O) groups excluding carboxylic acids is 2. The van der Waals surface area contributed by atoms with Gasteiger partial charge in [0.05, 0.1) is 12.1 Å². The molecule has 3 N–H and O–H groups in total. The zero-order chi connectivity index (χ0) is 15.8. The van der Waals surface area contributed by atoms with E-state index in [9.17, 15) is 9.59 Å². The molecule has 2 rings (SSSR count). The third-order valence-corrected chi connectivity index (χ3v) is 3.52. The predicted molar refractivity (Wildman–Crippen MR) is 88.2 cm³/mol. The molecule has 2 aromatic rings. The van der Waals surface area contributed by atoms with Crippen LogP contribution in [0.2, 0.25) is 0 Å². The number of aromatic nitrogens is 1. The van der Waals surface area contributed by atoms with Crippen LogP contribution in [0.4, 0.5) is 15.6 Å². The molecule has 116 valence electrons. The molecule has 7 heteroatoms. The largest absolute Gasteiger partial charge is 0.356 e. The first-order valence-corrected chi connectivity index (χ1v) is 7.89. The molecule has 3 amide bonds. The number of nitrogens with zero attached hydrogens (tertiary/aromatic N) is 1. The lowest BCUT2D eigenvalue weighted by molar-refractivity contribution is -0.120. The summed E-state index contributed by atoms with van der Waals surface area (Å²) in [5.41, 5.74) is 1.35. The van der Waals surface area contributed by atoms with Gasteiger partial charge in [-0.15, -0.1) is 11.3 Å². The maximum atomic E-state index is 11.8. The zero-order valence-electron chi connectivity index (χ0n) is 12.3. The van der Waals surface area contributed by atoms with E-state index < -0.39 is 0 Å². The van der Waals surface area contributed by atoms with E-state index in [1.807, 2.05) is 25.1 Å². The van der Waals surface area contributed by atoms with Gasteiger partial charge in [-0.25, -0.2) is 9.78 Å². The van der Waals surface area contributed by atoms with Crippen molar-refractivity contribution < 1.29 is 9.59 Å². The molecular formula is C15H18N4O2S. The summed E-state index contributed by atoms with van der Waals surface area (Å²) in [4.78, 5) is 27.6. The van der Waals surface area contributed by atoms with Gasteiger partial charge in [-0.05, 0) is 18.6 Å². The van der Waals surface area contributed by atoms with Gasteiger partial charge >= 0.3 is 6.03 Å². The van der Waals surface area contributed by atoms with Crippen molar-refractivity contribution in [3.8, 4) is 0 Å². The van der Waals surface area contributed by atoms with Gasteiger partial charge in [-0.3, -0.25) is 10.1 Å². The highest BCUT2D eigenvalue weighted by atomic mass is 32.1. The van der Waals surface area contributed by atoms with E-state index in [1.165, 1.54) is 11.3 Å². The van der Waals surface area contributed by atoms with E-state index in [0.717, 1.165) is 6.42 Å². The highest BCUT2D eigenvalue weighted by Crippen LogP contribution is 2.16. The van der Waals surface area contributed by atoms with Crippen LogP contribution in [0.1, 0.15) is 19.0 Å². The Morgan fingerprint density at radius 1 is 1.18 bits per heavy atom. The standard InChI is InChI=1S/C15H18N4O2S/c1-2-8-16-13(20)9-12-10-22-15(18-12)19-14(21)17-11-6-4-3-5-7-11/h3-7,10H,2,8-9H2,1H3,(H,16,20)(H2,17,18,19,21). The van der Waals surface area contributed by atoms with E-state index in [2.05, 4.69) is 20.9 Å². The van der Waals surface area contributed by atoms with Crippen LogP contribution in [0.15, 0.2) is 35.7 Å². The quantitative estimate of drug-likeness (QED) is 0.766. The number of hydrogen-bond acceptors (Lipinski definition) is 4. The lowest BCUT2D eigenvalue weighted by Crippen LogP contribution is -2.25. The summed E-state index contributed by atoms with van der Waals surface area (Å²) in [5.74, 6) is -0.0626. The number of amides is 3. The minimum absolute atomic E-state index is 0.0626. The molecule has 0 radical (unpaired) electrons. The van der Waals surface area contributed by atoms with Crippen LogP contribution in [0.5, 0.6) is 0 Å². The molecule has 0 atom stereocenters. The first kappa shape index (κ1) is 16.0. The molecule has 0 unspecified atom stereocenters. The van der Waals surface area contributed by atoms with Gasteiger partial charge in [0, 0.05) is 17.6 Å². The maximum absolute atomic E-state index is 11.8. The SMILES string of the molecule is CCCNC(=O)Cc1csc(NC(=O)Nc2ccccc2)n1. The fourth-order valence-electron chi connectivity index (χ4n) is 1.72. The monoisotopic (exact) mass is 318 g/mol. The average molecular weight is 318 g/mol. The zero-order valence-corrected chi connectivity index (χ0v) is 13.1. The predicted octanol–water partition coefficient (Wildman–Crippen LogP) is 2.86. The van der Waals surface area contributed by atoms with Gasteiger partial charge in [0.1, 0.15) is 0 Å². The number of rotatable bonds is 6. The number of urea groups is 1. The minimum Gasteiger partial charge on any atom is -0.356 e. The number of anilines is 2. The smallest absolute Gasteiger partial charge is 0.325 e. The molecule has 0 saturated carbocycles. The van der Waals surface area contributed by atoms with Crippen molar-refractivity contribution >= 4 is 34.1 Å². The topological polar surface area (TPSA) is 83.1 Å². The van der Waals surface area contributed by atoms with Gasteiger partial charge < -0.3 is 10.6 Å². The molecule has 0 aliphatic heterocycles. The van der Waals surface area contributed by atoms with E-state index >= 15 is 0 Å². The Labute approximate surface area is 133 Å². The lowest BCUT2D eigenvalue weighted by Gasteiger charge is -2.04. The first-order valence-electron chi connectivity index (χ1n) is 7.01. The number of para-hydroxylation sites is 1. The summed E-state index contributed by atoms with van der Waals surface area (Å²) in [6.07, 6.45) is 1.12. The molecule has 0 aliphatic rings. The molecule has 1 aromatic carbocycles. The van der Waals surface area contributed by atoms with Gasteiger partial charge in [0.15, 0.2) is 5.13 Å². The molecule has 0 spiro atoms. The summed E-state index contributed by atoms with van der Waals surface area (Å²) in [6, 6.07) is 8.79. The maximum Gasteiger partial charge on any atom is 0.325 e. The minimum atomic E-state index is -0.359. The third kappa shape index (κ3) is 5.17. The van der Waals surface area contributed by atoms with Crippen LogP contribution in [-0.4, -0.2) is 23.5 Å². The summed E-state index contributed by atoms with van der Waals surface area (Å²) in [7, 11) is 0. The van der Waals surface area contributed by atoms with Crippen molar-refractivity contribution in [3.05, 3.63) is 41.4 Å². The molecule has 1 aromatic heterocycles. The molecule has 0 saturated heterocycles. The summed E-state index contributed by atoms with van der Waals surface area (Å²) in [5, 5.41) is 10.4. The van der Waals surface area contributed by atoms with Crippen LogP contribution in [0.3, 0.4) is 0 Å². The first-order chi connectivity index (χ1) is 10.7. The summed E-state index contributed by atoms with van der Waals surface area (Å²) >= 11 is 1.29. The van der Waals surface area contributed by atoms with Crippen molar-refractivity contribution in [2.45, 2.75) is 19.8 Å². The Bertz CT molecular complexity index is 627. The third-order valence-electron chi connectivity index (χ3n) is 2.72. The molecule has 1 heterocycles. The molecule has 0 fully saturated rings. The van der Waals surface area contributed by atoms with E-state index in [4.69, 9.17) is 0 Å². The number of thiazole rings is 1. The van der Waals surface area contributed by atoms with Crippen LogP contribution in [-0.2, 0) is 11.2 Å². The molecule has 0 bridgehead atoms. The van der Waals surface area contributed by atoms with E-state index in [-0.39, 0.29) is 18.4 Å². The Kier molecular flexibility index (Phi) is 5.91. The molecule has 0 aliphatic carbocycles. The van der Waals surface area contributed by atoms with Gasteiger partial charge in [-0.2, -0.15) is 0 Å². The van der Waals surface area contributed by atoms with Crippen LogP contribution in [0, 0.1) is 0 Å². The number of hydrogen-bond donors (Lipinski definition) is 3. The summed E-state index contributed by atoms with van der Waals surface area (Å²) < 4.78 is 0. The lowest BCUT2D eigenvalue weighted by atomic mass is 10.3. The van der Waals surface area contributed by atoms with Crippen LogP contribution >= 0.6 is 11.3 Å². The second kappa shape index (κ2) is 8.14. The van der Waals surface area contributed by atoms with Gasteiger partial charge in [-0.1, -0.05) is 25.1 Å². The Morgan fingerprint density at radius 2 is 1.95 bits per heavy atom. The Morgan fingerprint density at radius 3 is 2.68 bits per heavy atom. The highest BCUT2D eigenvalue weighted by Gasteiger charge is 2.09. The second-order valence-electron chi connectivity index (χ2n) is 4.62. The van der Waals surface area contributed by atoms with Crippen LogP contribution in [0.25, 0.3) is 0 Å². The Hall–Kier alpha value is -2.41. The van der Waals surface area contributed by atoms with Gasteiger partial charge in [0.2, 0.25) is 5.91 Å². The fourth-order valence-corrected chi connectivity index (χ4v) is 2.42. The molecule has 22 heavy (non-hydrogen) atoms. The number of benzene rings is 1. The number of nitrogens with one attached hydrogen (secondary N) is 3. The van der Waals surface area contributed by atoms with Crippen molar-refractivity contribution in [2.75, 3.05) is 17.2 Å². The normalized spacial score (nSPS) is 10.0. The fraction of sp³-hybridized carbons (Fsp3) is 0.267. The number of carbonyl (C=O) groups is 2. The van der Waals surface area contributed by atoms with Gasteiger partial charge in [0.25, 0.3) is 0 Å². The molecule has 6 nitrogen and oxygen atoms in total. The second-order valence-corrected chi connectivity index (χ2v) is 5.47. The average Bonchev–Trinajstić information content (AvgIpc) is 2.93.